The number of hydrogen-bond acceptors (Lipinski definition) is 3. The van der Waals surface area contributed by atoms with Gasteiger partial charge < -0.3 is 5.73 Å². The highest BCUT2D eigenvalue weighted by atomic mass is 19.3. The standard InChI is InChI=1S/C8H7F3N2O2/c9-4-1-2-6(13(14)15)5(3-4)7(12)8(10)11/h1-3,7-8H,12H2. The Labute approximate surface area is 82.7 Å². The molecule has 1 unspecified atom stereocenters. The first-order valence-corrected chi connectivity index (χ1v) is 3.91. The smallest absolute Gasteiger partial charge is 0.274 e. The molecule has 0 radical (unpaired) electrons. The molecule has 15 heavy (non-hydrogen) atoms. The summed E-state index contributed by atoms with van der Waals surface area (Å²) < 4.78 is 37.1. The fraction of sp³-hybridized carbons (Fsp3) is 0.250. The number of nitro benzene ring substituents is 1. The maximum atomic E-state index is 12.7. The fourth-order valence-corrected chi connectivity index (χ4v) is 1.09. The van der Waals surface area contributed by atoms with Gasteiger partial charge in [0.15, 0.2) is 0 Å². The zero-order valence-electron chi connectivity index (χ0n) is 7.36. The lowest BCUT2D eigenvalue weighted by Gasteiger charge is -2.10. The normalized spacial score (nSPS) is 12.9. The van der Waals surface area contributed by atoms with Crippen molar-refractivity contribution in [1.82, 2.24) is 0 Å². The van der Waals surface area contributed by atoms with Crippen LogP contribution in [0, 0.1) is 15.9 Å². The molecule has 0 aliphatic rings. The highest BCUT2D eigenvalue weighted by Gasteiger charge is 2.26. The first-order chi connectivity index (χ1) is 6.93. The molecular formula is C8H7F3N2O2. The zero-order chi connectivity index (χ0) is 11.6. The molecule has 0 bridgehead atoms. The van der Waals surface area contributed by atoms with Gasteiger partial charge in [0.25, 0.3) is 12.1 Å². The summed E-state index contributed by atoms with van der Waals surface area (Å²) in [6, 6.07) is 0.419. The Morgan fingerprint density at radius 2 is 2.00 bits per heavy atom. The highest BCUT2D eigenvalue weighted by Crippen LogP contribution is 2.27. The number of benzene rings is 1. The first-order valence-electron chi connectivity index (χ1n) is 3.91. The Hall–Kier alpha value is -1.63. The van der Waals surface area contributed by atoms with Crippen molar-refractivity contribution in [3.05, 3.63) is 39.7 Å². The SMILES string of the molecule is NC(c1cc(F)ccc1[N+](=O)[O-])C(F)F. The number of nitro groups is 1. The van der Waals surface area contributed by atoms with Crippen molar-refractivity contribution in [1.29, 1.82) is 0 Å². The maximum absolute atomic E-state index is 12.7. The number of rotatable bonds is 3. The molecule has 0 aliphatic heterocycles. The van der Waals surface area contributed by atoms with Crippen molar-refractivity contribution in [2.75, 3.05) is 0 Å². The number of halogens is 3. The molecule has 0 heterocycles. The average molecular weight is 220 g/mol. The van der Waals surface area contributed by atoms with Gasteiger partial charge in [0.2, 0.25) is 0 Å². The van der Waals surface area contributed by atoms with Crippen LogP contribution in [0.2, 0.25) is 0 Å². The van der Waals surface area contributed by atoms with E-state index in [0.717, 1.165) is 12.1 Å². The van der Waals surface area contributed by atoms with E-state index in [9.17, 15) is 23.3 Å². The monoisotopic (exact) mass is 220 g/mol. The third-order valence-electron chi connectivity index (χ3n) is 1.82. The summed E-state index contributed by atoms with van der Waals surface area (Å²) in [4.78, 5) is 9.56. The second kappa shape index (κ2) is 4.26. The predicted octanol–water partition coefficient (Wildman–Crippen LogP) is 2.00. The molecule has 0 amide bonds. The second-order valence-electron chi connectivity index (χ2n) is 2.82. The molecule has 1 rings (SSSR count). The number of nitrogens with zero attached hydrogens (tertiary/aromatic N) is 1. The molecule has 1 aromatic carbocycles. The van der Waals surface area contributed by atoms with Gasteiger partial charge in [-0.1, -0.05) is 0 Å². The summed E-state index contributed by atoms with van der Waals surface area (Å²) >= 11 is 0. The van der Waals surface area contributed by atoms with Crippen LogP contribution in [0.25, 0.3) is 0 Å². The summed E-state index contributed by atoms with van der Waals surface area (Å²) in [6.45, 7) is 0. The van der Waals surface area contributed by atoms with E-state index in [1.807, 2.05) is 0 Å². The molecule has 0 saturated carbocycles. The van der Waals surface area contributed by atoms with Gasteiger partial charge in [-0.05, 0) is 12.1 Å². The molecule has 4 nitrogen and oxygen atoms in total. The summed E-state index contributed by atoms with van der Waals surface area (Å²) in [5.41, 5.74) is 3.91. The van der Waals surface area contributed by atoms with Crippen molar-refractivity contribution < 1.29 is 18.1 Å². The van der Waals surface area contributed by atoms with E-state index in [1.54, 1.807) is 0 Å². The topological polar surface area (TPSA) is 69.2 Å². The predicted molar refractivity (Wildman–Crippen MR) is 46.0 cm³/mol. The van der Waals surface area contributed by atoms with Gasteiger partial charge in [-0.2, -0.15) is 0 Å². The van der Waals surface area contributed by atoms with Crippen molar-refractivity contribution in [3.63, 3.8) is 0 Å². The summed E-state index contributed by atoms with van der Waals surface area (Å²) in [5, 5.41) is 10.4. The van der Waals surface area contributed by atoms with Crippen LogP contribution >= 0.6 is 0 Å². The van der Waals surface area contributed by atoms with Gasteiger partial charge in [-0.15, -0.1) is 0 Å². The second-order valence-corrected chi connectivity index (χ2v) is 2.82. The van der Waals surface area contributed by atoms with Crippen molar-refractivity contribution >= 4 is 5.69 Å². The van der Waals surface area contributed by atoms with Gasteiger partial charge in [0, 0.05) is 6.07 Å². The lowest BCUT2D eigenvalue weighted by atomic mass is 10.1. The Balaban J connectivity index is 3.24. The summed E-state index contributed by atoms with van der Waals surface area (Å²) in [5.74, 6) is -0.841. The Bertz CT molecular complexity index is 384. The van der Waals surface area contributed by atoms with E-state index in [4.69, 9.17) is 5.73 Å². The van der Waals surface area contributed by atoms with Crippen LogP contribution in [0.5, 0.6) is 0 Å². The molecular weight excluding hydrogens is 213 g/mol. The Morgan fingerprint density at radius 3 is 2.47 bits per heavy atom. The molecule has 1 atom stereocenters. The van der Waals surface area contributed by atoms with E-state index < -0.39 is 34.5 Å². The molecule has 7 heteroatoms. The first kappa shape index (κ1) is 11.4. The number of alkyl halides is 2. The average Bonchev–Trinajstić information content (AvgIpc) is 2.15. The van der Waals surface area contributed by atoms with Gasteiger partial charge in [-0.25, -0.2) is 13.2 Å². The minimum Gasteiger partial charge on any atom is -0.319 e. The minimum absolute atomic E-state index is 0.505. The van der Waals surface area contributed by atoms with E-state index in [1.165, 1.54) is 0 Å². The van der Waals surface area contributed by atoms with Crippen LogP contribution < -0.4 is 5.73 Å². The molecule has 2 N–H and O–H groups in total. The third-order valence-corrected chi connectivity index (χ3v) is 1.82. The quantitative estimate of drug-likeness (QED) is 0.625. The minimum atomic E-state index is -2.98. The largest absolute Gasteiger partial charge is 0.319 e. The van der Waals surface area contributed by atoms with E-state index >= 15 is 0 Å². The van der Waals surface area contributed by atoms with Crippen LogP contribution in [0.4, 0.5) is 18.9 Å². The van der Waals surface area contributed by atoms with E-state index in [0.29, 0.717) is 6.07 Å². The van der Waals surface area contributed by atoms with Crippen LogP contribution in [-0.4, -0.2) is 11.3 Å². The Kier molecular flexibility index (Phi) is 3.25. The number of hydrogen-bond donors (Lipinski definition) is 1. The van der Waals surface area contributed by atoms with Crippen molar-refractivity contribution in [3.8, 4) is 0 Å². The molecule has 0 aliphatic carbocycles. The Morgan fingerprint density at radius 1 is 1.40 bits per heavy atom. The van der Waals surface area contributed by atoms with Crippen LogP contribution in [-0.2, 0) is 0 Å². The fourth-order valence-electron chi connectivity index (χ4n) is 1.09. The van der Waals surface area contributed by atoms with Crippen LogP contribution in [0.1, 0.15) is 11.6 Å². The highest BCUT2D eigenvalue weighted by molar-refractivity contribution is 5.42. The number of nitrogens with two attached hydrogens (primary N) is 1. The molecule has 0 spiro atoms. The lowest BCUT2D eigenvalue weighted by Crippen LogP contribution is -2.20. The van der Waals surface area contributed by atoms with Gasteiger partial charge >= 0.3 is 0 Å². The van der Waals surface area contributed by atoms with E-state index in [-0.39, 0.29) is 0 Å². The molecule has 0 saturated heterocycles. The molecule has 82 valence electrons. The third kappa shape index (κ3) is 2.44. The van der Waals surface area contributed by atoms with Crippen molar-refractivity contribution in [2.24, 2.45) is 5.73 Å². The molecule has 0 aromatic heterocycles. The van der Waals surface area contributed by atoms with Gasteiger partial charge in [0.05, 0.1) is 16.5 Å². The lowest BCUT2D eigenvalue weighted by molar-refractivity contribution is -0.385. The van der Waals surface area contributed by atoms with Crippen molar-refractivity contribution in [2.45, 2.75) is 12.5 Å². The van der Waals surface area contributed by atoms with E-state index in [2.05, 4.69) is 0 Å². The molecule has 1 aromatic rings. The summed E-state index contributed by atoms with van der Waals surface area (Å²) in [7, 11) is 0. The van der Waals surface area contributed by atoms with Gasteiger partial charge in [-0.3, -0.25) is 10.1 Å². The van der Waals surface area contributed by atoms with Crippen LogP contribution in [0.15, 0.2) is 18.2 Å². The zero-order valence-corrected chi connectivity index (χ0v) is 7.36. The molecule has 0 fully saturated rings. The maximum Gasteiger partial charge on any atom is 0.274 e. The van der Waals surface area contributed by atoms with Crippen LogP contribution in [0.3, 0.4) is 0 Å². The van der Waals surface area contributed by atoms with Gasteiger partial charge in [0.1, 0.15) is 5.82 Å². The summed E-state index contributed by atoms with van der Waals surface area (Å²) in [6.07, 6.45) is -2.98.